The third-order valence-electron chi connectivity index (χ3n) is 1.73. The number of ether oxygens (including phenoxy) is 4. The normalized spacial score (nSPS) is 12.9. The highest BCUT2D eigenvalue weighted by Gasteiger charge is 2.20. The van der Waals surface area contributed by atoms with Crippen molar-refractivity contribution in [1.29, 1.82) is 0 Å². The van der Waals surface area contributed by atoms with Gasteiger partial charge in [0.25, 0.3) is 0 Å². The van der Waals surface area contributed by atoms with Gasteiger partial charge in [0.05, 0.1) is 0 Å². The summed E-state index contributed by atoms with van der Waals surface area (Å²) in [7, 11) is 5.90. The predicted octanol–water partition coefficient (Wildman–Crippen LogP) is 0.444. The fraction of sp³-hybridized carbons (Fsp3) is 0.875. The van der Waals surface area contributed by atoms with Gasteiger partial charge >= 0.3 is 0 Å². The van der Waals surface area contributed by atoms with Crippen molar-refractivity contribution < 1.29 is 24.2 Å². The van der Waals surface area contributed by atoms with Crippen LogP contribution in [0, 0.1) is 0 Å². The van der Waals surface area contributed by atoms with Crippen LogP contribution >= 0.6 is 0 Å². The van der Waals surface area contributed by atoms with E-state index in [0.717, 1.165) is 0 Å². The molecule has 0 amide bonds. The molecule has 0 radical (unpaired) electrons. The molecule has 0 saturated carbocycles. The number of methoxy groups -OCH3 is 4. The van der Waals surface area contributed by atoms with Crippen molar-refractivity contribution in [2.75, 3.05) is 28.4 Å². The molecule has 84 valence electrons. The summed E-state index contributed by atoms with van der Waals surface area (Å²) in [5.41, 5.74) is 0.309. The molecule has 0 aromatic carbocycles. The Hall–Kier alpha value is -0.690. The van der Waals surface area contributed by atoms with Crippen LogP contribution in [0.2, 0.25) is 0 Å². The molecule has 0 atom stereocenters. The first-order valence-corrected chi connectivity index (χ1v) is 4.05. The molecule has 0 spiro atoms. The lowest BCUT2D eigenvalue weighted by atomic mass is 10.2. The second-order valence-corrected chi connectivity index (χ2v) is 2.50. The van der Waals surface area contributed by atoms with Gasteiger partial charge in [0.2, 0.25) is 0 Å². The lowest BCUT2D eigenvalue weighted by Crippen LogP contribution is -2.30. The second-order valence-electron chi connectivity index (χ2n) is 2.50. The van der Waals surface area contributed by atoms with E-state index in [1.165, 1.54) is 28.4 Å². The molecule has 0 bridgehead atoms. The zero-order valence-electron chi connectivity index (χ0n) is 8.89. The minimum absolute atomic E-state index is 0.274. The third kappa shape index (κ3) is 4.01. The Morgan fingerprint density at radius 1 is 1.07 bits per heavy atom. The van der Waals surface area contributed by atoms with E-state index in [-0.39, 0.29) is 6.42 Å². The van der Waals surface area contributed by atoms with Crippen LogP contribution in [0.15, 0.2) is 5.16 Å². The Kier molecular flexibility index (Phi) is 7.31. The highest BCUT2D eigenvalue weighted by atomic mass is 16.7. The first-order chi connectivity index (χ1) is 6.73. The summed E-state index contributed by atoms with van der Waals surface area (Å²) in [5.74, 6) is 0. The molecule has 0 aliphatic heterocycles. The van der Waals surface area contributed by atoms with E-state index in [1.54, 1.807) is 0 Å². The number of hydrogen-bond donors (Lipinski definition) is 1. The number of nitrogens with zero attached hydrogens (tertiary/aromatic N) is 1. The lowest BCUT2D eigenvalue weighted by Gasteiger charge is -2.18. The van der Waals surface area contributed by atoms with Gasteiger partial charge in [-0.3, -0.25) is 0 Å². The molecule has 6 nitrogen and oxygen atoms in total. The van der Waals surface area contributed by atoms with Crippen LogP contribution in [0.25, 0.3) is 0 Å². The van der Waals surface area contributed by atoms with Gasteiger partial charge in [-0.2, -0.15) is 0 Å². The van der Waals surface area contributed by atoms with Crippen molar-refractivity contribution in [3.63, 3.8) is 0 Å². The molecule has 0 fully saturated rings. The number of oxime groups is 1. The van der Waals surface area contributed by atoms with Crippen LogP contribution in [0.3, 0.4) is 0 Å². The quantitative estimate of drug-likeness (QED) is 0.284. The fourth-order valence-electron chi connectivity index (χ4n) is 0.986. The Morgan fingerprint density at radius 2 is 1.57 bits per heavy atom. The Morgan fingerprint density at radius 3 is 1.86 bits per heavy atom. The van der Waals surface area contributed by atoms with Crippen molar-refractivity contribution in [1.82, 2.24) is 0 Å². The molecule has 0 aromatic heterocycles. The van der Waals surface area contributed by atoms with Crippen LogP contribution in [0.5, 0.6) is 0 Å². The van der Waals surface area contributed by atoms with Gasteiger partial charge in [-0.15, -0.1) is 0 Å². The second kappa shape index (κ2) is 7.69. The van der Waals surface area contributed by atoms with E-state index in [9.17, 15) is 0 Å². The first-order valence-electron chi connectivity index (χ1n) is 4.05. The van der Waals surface area contributed by atoms with Crippen LogP contribution in [0.1, 0.15) is 6.42 Å². The molecule has 1 N–H and O–H groups in total. The van der Waals surface area contributed by atoms with E-state index in [4.69, 9.17) is 24.2 Å². The standard InChI is InChI=1S/C8H17NO5/c1-11-7(12-2)5-6(9-10)8(13-3)14-4/h7-8,10H,5H2,1-4H3. The zero-order chi connectivity index (χ0) is 11.0. The van der Waals surface area contributed by atoms with Gasteiger partial charge in [0.1, 0.15) is 5.71 Å². The molecule has 0 aromatic rings. The maximum atomic E-state index is 8.72. The van der Waals surface area contributed by atoms with Crippen molar-refractivity contribution in [2.45, 2.75) is 19.0 Å². The first kappa shape index (κ1) is 13.3. The SMILES string of the molecule is COC(CC(=NO)C(OC)OC)OC. The smallest absolute Gasteiger partial charge is 0.200 e. The van der Waals surface area contributed by atoms with Gasteiger partial charge in [-0.05, 0) is 0 Å². The minimum Gasteiger partial charge on any atom is -0.411 e. The van der Waals surface area contributed by atoms with Crippen molar-refractivity contribution >= 4 is 5.71 Å². The van der Waals surface area contributed by atoms with Gasteiger partial charge in [-0.25, -0.2) is 0 Å². The van der Waals surface area contributed by atoms with Crippen LogP contribution < -0.4 is 0 Å². The Bertz CT molecular complexity index is 165. The van der Waals surface area contributed by atoms with Gasteiger partial charge in [0, 0.05) is 34.9 Å². The van der Waals surface area contributed by atoms with E-state index >= 15 is 0 Å². The largest absolute Gasteiger partial charge is 0.411 e. The highest BCUT2D eigenvalue weighted by Crippen LogP contribution is 2.06. The third-order valence-corrected chi connectivity index (χ3v) is 1.73. The maximum Gasteiger partial charge on any atom is 0.200 e. The van der Waals surface area contributed by atoms with Gasteiger partial charge < -0.3 is 24.2 Å². The van der Waals surface area contributed by atoms with Crippen LogP contribution in [-0.2, 0) is 18.9 Å². The molecule has 0 rings (SSSR count). The summed E-state index contributed by atoms with van der Waals surface area (Å²) in [4.78, 5) is 0. The van der Waals surface area contributed by atoms with Crippen molar-refractivity contribution in [3.8, 4) is 0 Å². The molecule has 0 heterocycles. The van der Waals surface area contributed by atoms with E-state index in [0.29, 0.717) is 5.71 Å². The highest BCUT2D eigenvalue weighted by molar-refractivity contribution is 5.87. The molecule has 6 heteroatoms. The summed E-state index contributed by atoms with van der Waals surface area (Å²) in [6.45, 7) is 0. The van der Waals surface area contributed by atoms with Gasteiger partial charge in [0.15, 0.2) is 12.6 Å². The topological polar surface area (TPSA) is 69.5 Å². The van der Waals surface area contributed by atoms with E-state index in [1.807, 2.05) is 0 Å². The summed E-state index contributed by atoms with van der Waals surface area (Å²) < 4.78 is 19.7. The predicted molar refractivity (Wildman–Crippen MR) is 49.5 cm³/mol. The monoisotopic (exact) mass is 207 g/mol. The molecule has 0 aliphatic rings. The summed E-state index contributed by atoms with van der Waals surface area (Å²) in [5, 5.41) is 11.8. The molecular formula is C8H17NO5. The average molecular weight is 207 g/mol. The van der Waals surface area contributed by atoms with Crippen molar-refractivity contribution in [3.05, 3.63) is 0 Å². The number of hydrogen-bond acceptors (Lipinski definition) is 6. The van der Waals surface area contributed by atoms with Crippen molar-refractivity contribution in [2.24, 2.45) is 5.16 Å². The average Bonchev–Trinajstić information content (AvgIpc) is 2.24. The summed E-state index contributed by atoms with van der Waals surface area (Å²) in [6.07, 6.45) is -0.892. The molecule has 14 heavy (non-hydrogen) atoms. The van der Waals surface area contributed by atoms with Crippen LogP contribution in [-0.4, -0.2) is 51.9 Å². The molecule has 0 unspecified atom stereocenters. The minimum atomic E-state index is -0.687. The fourth-order valence-corrected chi connectivity index (χ4v) is 0.986. The zero-order valence-corrected chi connectivity index (χ0v) is 8.89. The Labute approximate surface area is 83.4 Å². The van der Waals surface area contributed by atoms with Crippen LogP contribution in [0.4, 0.5) is 0 Å². The lowest BCUT2D eigenvalue weighted by molar-refractivity contribution is -0.103. The van der Waals surface area contributed by atoms with Gasteiger partial charge in [-0.1, -0.05) is 5.16 Å². The molecule has 0 aliphatic carbocycles. The molecular weight excluding hydrogens is 190 g/mol. The van der Waals surface area contributed by atoms with E-state index in [2.05, 4.69) is 5.16 Å². The molecule has 0 saturated heterocycles. The maximum absolute atomic E-state index is 8.72. The summed E-state index contributed by atoms with van der Waals surface area (Å²) >= 11 is 0. The number of rotatable bonds is 7. The Balaban J connectivity index is 4.27. The summed E-state index contributed by atoms with van der Waals surface area (Å²) in [6, 6.07) is 0. The van der Waals surface area contributed by atoms with E-state index < -0.39 is 12.6 Å².